The second-order valence-corrected chi connectivity index (χ2v) is 8.10. The molecule has 1 saturated carbocycles. The van der Waals surface area contributed by atoms with Crippen molar-refractivity contribution in [3.05, 3.63) is 16.3 Å². The van der Waals surface area contributed by atoms with Crippen LogP contribution in [0.3, 0.4) is 0 Å². The monoisotopic (exact) mass is 520 g/mol. The van der Waals surface area contributed by atoms with Gasteiger partial charge in [-0.3, -0.25) is 9.56 Å². The Labute approximate surface area is 190 Å². The van der Waals surface area contributed by atoms with Crippen molar-refractivity contribution < 1.29 is 4.74 Å². The lowest BCUT2D eigenvalue weighted by Crippen LogP contribution is -2.41. The molecule has 9 heteroatoms. The normalized spacial score (nSPS) is 17.8. The van der Waals surface area contributed by atoms with E-state index in [4.69, 9.17) is 9.73 Å². The Morgan fingerprint density at radius 2 is 2.10 bits per heavy atom. The van der Waals surface area contributed by atoms with Crippen LogP contribution < -0.4 is 16.3 Å². The van der Waals surface area contributed by atoms with E-state index in [1.807, 2.05) is 4.57 Å². The van der Waals surface area contributed by atoms with Gasteiger partial charge in [0, 0.05) is 52.9 Å². The minimum atomic E-state index is 0. The fourth-order valence-electron chi connectivity index (χ4n) is 4.10. The molecular formula is C20H37IN6O2. The average molecular weight is 520 g/mol. The summed E-state index contributed by atoms with van der Waals surface area (Å²) in [6.45, 7) is 6.80. The first-order chi connectivity index (χ1) is 13.7. The third-order valence-electron chi connectivity index (χ3n) is 6.04. The Kier molecular flexibility index (Phi) is 9.94. The predicted molar refractivity (Wildman–Crippen MR) is 126 cm³/mol. The first kappa shape index (κ1) is 24.2. The Bertz CT molecular complexity index is 710. The fraction of sp³-hybridized carbons (Fsp3) is 0.850. The lowest BCUT2D eigenvalue weighted by atomic mass is 9.67. The highest BCUT2D eigenvalue weighted by Crippen LogP contribution is 2.44. The largest absolute Gasteiger partial charge is 0.385 e. The molecule has 166 valence electrons. The van der Waals surface area contributed by atoms with Crippen molar-refractivity contribution in [3.8, 4) is 0 Å². The maximum Gasteiger partial charge on any atom is 0.345 e. The number of aliphatic imine (C=N–C) groups is 1. The molecule has 8 nitrogen and oxygen atoms in total. The van der Waals surface area contributed by atoms with Crippen molar-refractivity contribution >= 4 is 29.9 Å². The molecule has 0 radical (unpaired) electrons. The summed E-state index contributed by atoms with van der Waals surface area (Å²) in [6.07, 6.45) is 8.84. The number of guanidine groups is 1. The molecule has 1 aromatic rings. The highest BCUT2D eigenvalue weighted by Gasteiger charge is 2.36. The minimum Gasteiger partial charge on any atom is -0.385 e. The van der Waals surface area contributed by atoms with E-state index < -0.39 is 0 Å². The number of aryl methyl sites for hydroxylation is 2. The van der Waals surface area contributed by atoms with Crippen molar-refractivity contribution in [3.63, 3.8) is 0 Å². The molecule has 1 fully saturated rings. The van der Waals surface area contributed by atoms with Gasteiger partial charge in [0.15, 0.2) is 5.96 Å². The molecule has 0 atom stereocenters. The fourth-order valence-corrected chi connectivity index (χ4v) is 4.10. The van der Waals surface area contributed by atoms with Gasteiger partial charge in [0.25, 0.3) is 0 Å². The smallest absolute Gasteiger partial charge is 0.345 e. The van der Waals surface area contributed by atoms with Crippen molar-refractivity contribution in [2.75, 3.05) is 33.4 Å². The van der Waals surface area contributed by atoms with Crippen molar-refractivity contribution in [1.29, 1.82) is 0 Å². The van der Waals surface area contributed by atoms with Gasteiger partial charge in [-0.1, -0.05) is 6.42 Å². The van der Waals surface area contributed by atoms with E-state index in [0.29, 0.717) is 12.0 Å². The Morgan fingerprint density at radius 1 is 1.28 bits per heavy atom. The average Bonchev–Trinajstić information content (AvgIpc) is 3.00. The minimum absolute atomic E-state index is 0. The highest BCUT2D eigenvalue weighted by atomic mass is 127. The quantitative estimate of drug-likeness (QED) is 0.214. The molecule has 2 aliphatic rings. The van der Waals surface area contributed by atoms with Gasteiger partial charge in [-0.2, -0.15) is 5.10 Å². The number of nitrogens with zero attached hydrogens (tertiary/aromatic N) is 4. The zero-order valence-corrected chi connectivity index (χ0v) is 20.2. The third kappa shape index (κ3) is 6.44. The zero-order chi connectivity index (χ0) is 19.8. The maximum atomic E-state index is 12.4. The van der Waals surface area contributed by atoms with Crippen LogP contribution >= 0.6 is 24.0 Å². The number of nitrogens with one attached hydrogen (secondary N) is 2. The molecule has 1 aliphatic carbocycles. The number of rotatable bonds is 10. The molecule has 1 aliphatic heterocycles. The predicted octanol–water partition coefficient (Wildman–Crippen LogP) is 2.15. The van der Waals surface area contributed by atoms with Crippen LogP contribution in [0.15, 0.2) is 9.79 Å². The lowest BCUT2D eigenvalue weighted by Gasteiger charge is -2.40. The van der Waals surface area contributed by atoms with Crippen LogP contribution in [-0.2, 0) is 24.2 Å². The van der Waals surface area contributed by atoms with Crippen LogP contribution in [0.4, 0.5) is 0 Å². The number of hydrogen-bond acceptors (Lipinski definition) is 4. The summed E-state index contributed by atoms with van der Waals surface area (Å²) in [4.78, 5) is 17.2. The summed E-state index contributed by atoms with van der Waals surface area (Å²) in [5, 5.41) is 11.2. The Morgan fingerprint density at radius 3 is 2.76 bits per heavy atom. The lowest BCUT2D eigenvalue weighted by molar-refractivity contribution is 0.0778. The molecule has 0 aromatic carbocycles. The van der Waals surface area contributed by atoms with Crippen LogP contribution in [0, 0.1) is 5.41 Å². The van der Waals surface area contributed by atoms with E-state index in [9.17, 15) is 4.79 Å². The van der Waals surface area contributed by atoms with Gasteiger partial charge in [-0.05, 0) is 50.9 Å². The molecule has 0 amide bonds. The van der Waals surface area contributed by atoms with Crippen LogP contribution in [0.25, 0.3) is 0 Å². The second kappa shape index (κ2) is 11.9. The van der Waals surface area contributed by atoms with Crippen LogP contribution in [0.5, 0.6) is 0 Å². The molecule has 1 aromatic heterocycles. The van der Waals surface area contributed by atoms with Crippen LogP contribution in [-0.4, -0.2) is 53.7 Å². The molecule has 0 saturated heterocycles. The number of halogens is 1. The topological polar surface area (TPSA) is 85.5 Å². The molecule has 2 heterocycles. The SMILES string of the molecule is CCNC(=NCC1(CCOC)CCC1)NCCCn1nc2n(c1=O)CCCC2.I. The van der Waals surface area contributed by atoms with Gasteiger partial charge in [0.05, 0.1) is 0 Å². The highest BCUT2D eigenvalue weighted by molar-refractivity contribution is 14.0. The van der Waals surface area contributed by atoms with Gasteiger partial charge in [0.1, 0.15) is 5.82 Å². The summed E-state index contributed by atoms with van der Waals surface area (Å²) in [7, 11) is 1.77. The summed E-state index contributed by atoms with van der Waals surface area (Å²) < 4.78 is 8.73. The molecule has 2 N–H and O–H groups in total. The molecular weight excluding hydrogens is 483 g/mol. The standard InChI is InChI=1S/C20H36N6O2.HI/c1-3-21-18(23-16-20(9-6-10-20)11-15-28-2)22-12-7-14-26-19(27)25-13-5-4-8-17(25)24-26;/h3-16H2,1-2H3,(H2,21,22,23);1H. The van der Waals surface area contributed by atoms with Crippen LogP contribution in [0.2, 0.25) is 0 Å². The third-order valence-corrected chi connectivity index (χ3v) is 6.04. The first-order valence-corrected chi connectivity index (χ1v) is 10.8. The van der Waals surface area contributed by atoms with Crippen molar-refractivity contribution in [2.45, 2.75) is 71.4 Å². The van der Waals surface area contributed by atoms with Gasteiger partial charge in [-0.25, -0.2) is 9.48 Å². The van der Waals surface area contributed by atoms with E-state index in [0.717, 1.165) is 76.7 Å². The number of ether oxygens (including phenoxy) is 1. The molecule has 0 spiro atoms. The summed E-state index contributed by atoms with van der Waals surface area (Å²) in [5.41, 5.74) is 0.363. The number of aromatic nitrogens is 3. The maximum absolute atomic E-state index is 12.4. The summed E-state index contributed by atoms with van der Waals surface area (Å²) in [5.74, 6) is 1.81. The van der Waals surface area contributed by atoms with E-state index >= 15 is 0 Å². The Balaban J connectivity index is 0.00000300. The summed E-state index contributed by atoms with van der Waals surface area (Å²) in [6, 6.07) is 0. The molecule has 0 unspecified atom stereocenters. The van der Waals surface area contributed by atoms with Gasteiger partial charge < -0.3 is 15.4 Å². The van der Waals surface area contributed by atoms with Crippen LogP contribution in [0.1, 0.15) is 57.7 Å². The van der Waals surface area contributed by atoms with E-state index in [1.165, 1.54) is 19.3 Å². The van der Waals surface area contributed by atoms with E-state index in [-0.39, 0.29) is 29.7 Å². The van der Waals surface area contributed by atoms with E-state index in [1.54, 1.807) is 11.8 Å². The molecule has 3 rings (SSSR count). The number of methoxy groups -OCH3 is 1. The Hall–Kier alpha value is -1.10. The first-order valence-electron chi connectivity index (χ1n) is 10.8. The molecule has 29 heavy (non-hydrogen) atoms. The number of hydrogen-bond donors (Lipinski definition) is 2. The van der Waals surface area contributed by atoms with Crippen molar-refractivity contribution in [2.24, 2.45) is 10.4 Å². The second-order valence-electron chi connectivity index (χ2n) is 8.10. The summed E-state index contributed by atoms with van der Waals surface area (Å²) >= 11 is 0. The zero-order valence-electron chi connectivity index (χ0n) is 17.9. The van der Waals surface area contributed by atoms with Gasteiger partial charge in [0.2, 0.25) is 0 Å². The molecule has 0 bridgehead atoms. The van der Waals surface area contributed by atoms with Gasteiger partial charge in [-0.15, -0.1) is 24.0 Å². The number of fused-ring (bicyclic) bond motifs is 1. The van der Waals surface area contributed by atoms with Crippen molar-refractivity contribution in [1.82, 2.24) is 25.0 Å². The van der Waals surface area contributed by atoms with E-state index in [2.05, 4.69) is 22.7 Å². The van der Waals surface area contributed by atoms with Gasteiger partial charge >= 0.3 is 5.69 Å².